The van der Waals surface area contributed by atoms with Gasteiger partial charge in [0.25, 0.3) is 11.6 Å². The van der Waals surface area contributed by atoms with Crippen molar-refractivity contribution in [1.82, 2.24) is 4.90 Å². The molecule has 0 bridgehead atoms. The predicted octanol–water partition coefficient (Wildman–Crippen LogP) is 4.47. The fourth-order valence-electron chi connectivity index (χ4n) is 2.71. The van der Waals surface area contributed by atoms with Gasteiger partial charge in [0.1, 0.15) is 0 Å². The van der Waals surface area contributed by atoms with E-state index in [1.54, 1.807) is 31.0 Å². The van der Waals surface area contributed by atoms with E-state index in [0.717, 1.165) is 5.56 Å². The first-order chi connectivity index (χ1) is 11.6. The minimum atomic E-state index is -0.461. The van der Waals surface area contributed by atoms with Gasteiger partial charge >= 0.3 is 0 Å². The lowest BCUT2D eigenvalue weighted by atomic mass is 9.87. The minimum absolute atomic E-state index is 0.0335. The molecule has 0 aliphatic carbocycles. The van der Waals surface area contributed by atoms with Crippen LogP contribution in [0.2, 0.25) is 0 Å². The van der Waals surface area contributed by atoms with Crippen LogP contribution in [0.1, 0.15) is 47.8 Å². The predicted molar refractivity (Wildman–Crippen MR) is 98.8 cm³/mol. The van der Waals surface area contributed by atoms with Gasteiger partial charge in [-0.05, 0) is 29.5 Å². The molecule has 0 heterocycles. The summed E-state index contributed by atoms with van der Waals surface area (Å²) in [7, 11) is 1.71. The lowest BCUT2D eigenvalue weighted by Crippen LogP contribution is -2.27. The molecule has 1 amide bonds. The van der Waals surface area contributed by atoms with Gasteiger partial charge in [-0.3, -0.25) is 14.9 Å². The first-order valence-corrected chi connectivity index (χ1v) is 8.20. The number of rotatable bonds is 4. The summed E-state index contributed by atoms with van der Waals surface area (Å²) in [5.74, 6) is -0.221. The van der Waals surface area contributed by atoms with Crippen molar-refractivity contribution in [2.75, 3.05) is 7.05 Å². The molecule has 2 aromatic rings. The largest absolute Gasteiger partial charge is 0.337 e. The molecule has 2 rings (SSSR count). The molecule has 5 heteroatoms. The van der Waals surface area contributed by atoms with Gasteiger partial charge in [0, 0.05) is 30.8 Å². The van der Waals surface area contributed by atoms with Gasteiger partial charge < -0.3 is 4.90 Å². The normalized spacial score (nSPS) is 11.2. The molecule has 0 saturated carbocycles. The zero-order chi connectivity index (χ0) is 18.8. The first kappa shape index (κ1) is 18.6. The van der Waals surface area contributed by atoms with Crippen LogP contribution in [0.15, 0.2) is 42.5 Å². The van der Waals surface area contributed by atoms with Gasteiger partial charge in [0.2, 0.25) is 0 Å². The summed E-state index contributed by atoms with van der Waals surface area (Å²) < 4.78 is 0. The van der Waals surface area contributed by atoms with Crippen molar-refractivity contribution in [3.8, 4) is 0 Å². The number of hydrogen-bond acceptors (Lipinski definition) is 3. The number of nitrogens with zero attached hydrogens (tertiary/aromatic N) is 2. The Bertz CT molecular complexity index is 790. The van der Waals surface area contributed by atoms with Crippen LogP contribution < -0.4 is 0 Å². The Morgan fingerprint density at radius 1 is 1.12 bits per heavy atom. The fraction of sp³-hybridized carbons (Fsp3) is 0.350. The maximum absolute atomic E-state index is 12.7. The van der Waals surface area contributed by atoms with E-state index in [9.17, 15) is 14.9 Å². The van der Waals surface area contributed by atoms with E-state index in [1.165, 1.54) is 11.6 Å². The van der Waals surface area contributed by atoms with Crippen molar-refractivity contribution in [1.29, 1.82) is 0 Å². The third kappa shape index (κ3) is 4.24. The summed E-state index contributed by atoms with van der Waals surface area (Å²) in [6, 6.07) is 12.8. The molecule has 0 fully saturated rings. The Labute approximate surface area is 148 Å². The molecule has 5 nitrogen and oxygen atoms in total. The Kier molecular flexibility index (Phi) is 5.26. The number of carbonyl (C=O) groups excluding carboxylic acids is 1. The van der Waals surface area contributed by atoms with E-state index in [-0.39, 0.29) is 17.0 Å². The van der Waals surface area contributed by atoms with Gasteiger partial charge in [0.15, 0.2) is 0 Å². The summed E-state index contributed by atoms with van der Waals surface area (Å²) in [6.45, 7) is 8.52. The van der Waals surface area contributed by atoms with Crippen LogP contribution in [-0.4, -0.2) is 22.8 Å². The molecule has 0 atom stereocenters. The van der Waals surface area contributed by atoms with Crippen LogP contribution in [0, 0.1) is 17.0 Å². The lowest BCUT2D eigenvalue weighted by Gasteiger charge is -2.21. The molecule has 0 unspecified atom stereocenters. The fourth-order valence-corrected chi connectivity index (χ4v) is 2.71. The number of hydrogen-bond donors (Lipinski definition) is 0. The number of carbonyl (C=O) groups is 1. The average Bonchev–Trinajstić information content (AvgIpc) is 2.53. The van der Waals surface area contributed by atoms with Crippen LogP contribution in [-0.2, 0) is 12.0 Å². The van der Waals surface area contributed by atoms with Gasteiger partial charge in [-0.25, -0.2) is 0 Å². The van der Waals surface area contributed by atoms with Gasteiger partial charge in [0.05, 0.1) is 4.92 Å². The molecule has 0 N–H and O–H groups in total. The summed E-state index contributed by atoms with van der Waals surface area (Å²) in [5.41, 5.74) is 3.07. The molecule has 0 saturated heterocycles. The Morgan fingerprint density at radius 3 is 2.24 bits per heavy atom. The zero-order valence-electron chi connectivity index (χ0n) is 15.4. The quantitative estimate of drug-likeness (QED) is 0.609. The topological polar surface area (TPSA) is 63.5 Å². The van der Waals surface area contributed by atoms with E-state index in [2.05, 4.69) is 32.9 Å². The van der Waals surface area contributed by atoms with E-state index in [4.69, 9.17) is 0 Å². The van der Waals surface area contributed by atoms with Crippen molar-refractivity contribution < 1.29 is 9.72 Å². The molecule has 0 radical (unpaired) electrons. The van der Waals surface area contributed by atoms with Crippen LogP contribution in [0.3, 0.4) is 0 Å². The molecule has 0 aliphatic rings. The van der Waals surface area contributed by atoms with Crippen LogP contribution in [0.4, 0.5) is 5.69 Å². The number of benzene rings is 2. The molecular formula is C20H24N2O3. The van der Waals surface area contributed by atoms with E-state index >= 15 is 0 Å². The highest BCUT2D eigenvalue weighted by molar-refractivity contribution is 5.96. The average molecular weight is 340 g/mol. The van der Waals surface area contributed by atoms with Crippen LogP contribution in [0.5, 0.6) is 0 Å². The van der Waals surface area contributed by atoms with Gasteiger partial charge in [-0.2, -0.15) is 0 Å². The summed E-state index contributed by atoms with van der Waals surface area (Å²) in [6.07, 6.45) is 0. The third-order valence-electron chi connectivity index (χ3n) is 4.32. The standard InChI is InChI=1S/C20H24N2O3/c1-14-17(7-6-8-18(14)22(24)25)19(23)21(5)13-15-9-11-16(12-10-15)20(2,3)4/h6-12H,13H2,1-5H3. The first-order valence-electron chi connectivity index (χ1n) is 8.20. The van der Waals surface area contributed by atoms with Crippen molar-refractivity contribution in [3.05, 3.63) is 74.8 Å². The van der Waals surface area contributed by atoms with E-state index in [0.29, 0.717) is 17.7 Å². The van der Waals surface area contributed by atoms with E-state index < -0.39 is 4.92 Å². The summed E-state index contributed by atoms with van der Waals surface area (Å²) >= 11 is 0. The summed E-state index contributed by atoms with van der Waals surface area (Å²) in [4.78, 5) is 24.8. The molecule has 25 heavy (non-hydrogen) atoms. The Morgan fingerprint density at radius 2 is 1.72 bits per heavy atom. The number of nitro benzene ring substituents is 1. The molecule has 2 aromatic carbocycles. The molecule has 132 valence electrons. The maximum atomic E-state index is 12.7. The number of nitro groups is 1. The smallest absolute Gasteiger partial charge is 0.273 e. The van der Waals surface area contributed by atoms with Crippen molar-refractivity contribution in [3.63, 3.8) is 0 Å². The molecule has 0 spiro atoms. The summed E-state index contributed by atoms with van der Waals surface area (Å²) in [5, 5.41) is 11.1. The zero-order valence-corrected chi connectivity index (χ0v) is 15.4. The Hall–Kier alpha value is -2.69. The highest BCUT2D eigenvalue weighted by Gasteiger charge is 2.20. The second kappa shape index (κ2) is 7.05. The van der Waals surface area contributed by atoms with Crippen molar-refractivity contribution in [2.45, 2.75) is 39.7 Å². The van der Waals surface area contributed by atoms with Gasteiger partial charge in [-0.15, -0.1) is 0 Å². The molecular weight excluding hydrogens is 316 g/mol. The Balaban J connectivity index is 2.18. The van der Waals surface area contributed by atoms with Crippen LogP contribution in [0.25, 0.3) is 0 Å². The molecule has 0 aromatic heterocycles. The second-order valence-corrected chi connectivity index (χ2v) is 7.31. The molecule has 0 aliphatic heterocycles. The van der Waals surface area contributed by atoms with Crippen LogP contribution >= 0.6 is 0 Å². The second-order valence-electron chi connectivity index (χ2n) is 7.31. The third-order valence-corrected chi connectivity index (χ3v) is 4.32. The van der Waals surface area contributed by atoms with Crippen molar-refractivity contribution in [2.24, 2.45) is 0 Å². The van der Waals surface area contributed by atoms with Crippen molar-refractivity contribution >= 4 is 11.6 Å². The highest BCUT2D eigenvalue weighted by Crippen LogP contribution is 2.24. The SMILES string of the molecule is Cc1c(C(=O)N(C)Cc2ccc(C(C)(C)C)cc2)cccc1[N+](=O)[O-]. The maximum Gasteiger partial charge on any atom is 0.273 e. The lowest BCUT2D eigenvalue weighted by molar-refractivity contribution is -0.385. The minimum Gasteiger partial charge on any atom is -0.337 e. The van der Waals surface area contributed by atoms with Gasteiger partial charge in [-0.1, -0.05) is 51.1 Å². The number of amides is 1. The monoisotopic (exact) mass is 340 g/mol. The van der Waals surface area contributed by atoms with E-state index in [1.807, 2.05) is 12.1 Å². The highest BCUT2D eigenvalue weighted by atomic mass is 16.6.